The van der Waals surface area contributed by atoms with Crippen LogP contribution in [-0.4, -0.2) is 27.1 Å². The normalized spacial score (nSPS) is 11.6. The monoisotopic (exact) mass is 555 g/mol. The molecule has 37 heavy (non-hydrogen) atoms. The molecule has 4 rings (SSSR count). The van der Waals surface area contributed by atoms with E-state index in [9.17, 15) is 13.2 Å². The first kappa shape index (κ1) is 26.5. The molecule has 0 aliphatic rings. The second-order valence-corrected chi connectivity index (χ2v) is 10.9. The largest absolute Gasteiger partial charge is 0.455 e. The highest BCUT2D eigenvalue weighted by atomic mass is 35.5. The van der Waals surface area contributed by atoms with Crippen molar-refractivity contribution in [1.82, 2.24) is 5.43 Å². The number of aryl methyl sites for hydroxylation is 2. The number of halogens is 2. The number of amides is 1. The lowest BCUT2D eigenvalue weighted by Crippen LogP contribution is -2.39. The number of anilines is 1. The van der Waals surface area contributed by atoms with Crippen LogP contribution in [0.15, 0.2) is 93.3 Å². The van der Waals surface area contributed by atoms with Crippen molar-refractivity contribution in [3.05, 3.63) is 106 Å². The van der Waals surface area contributed by atoms with Crippen molar-refractivity contribution >= 4 is 51.0 Å². The maximum absolute atomic E-state index is 13.4. The Morgan fingerprint density at radius 1 is 0.973 bits per heavy atom. The van der Waals surface area contributed by atoms with Gasteiger partial charge in [0.05, 0.1) is 21.8 Å². The Labute approximate surface area is 225 Å². The highest BCUT2D eigenvalue weighted by Gasteiger charge is 2.27. The van der Waals surface area contributed by atoms with E-state index in [2.05, 4.69) is 10.5 Å². The Bertz CT molecular complexity index is 1570. The molecule has 1 N–H and O–H groups in total. The number of nitrogens with one attached hydrogen (secondary N) is 1. The zero-order chi connectivity index (χ0) is 26.6. The van der Waals surface area contributed by atoms with Crippen molar-refractivity contribution in [3.63, 3.8) is 0 Å². The fraction of sp³-hybridized carbons (Fsp3) is 0.111. The SMILES string of the molecule is Cc1ccc(N(CC(=O)N/N=C\c2ccc(-c3ccc(Cl)cc3Cl)o2)S(=O)(=O)c2ccccc2)cc1C. The van der Waals surface area contributed by atoms with E-state index in [1.165, 1.54) is 18.3 Å². The average Bonchev–Trinajstić information content (AvgIpc) is 3.33. The van der Waals surface area contributed by atoms with E-state index in [1.54, 1.807) is 60.7 Å². The lowest BCUT2D eigenvalue weighted by atomic mass is 10.1. The minimum atomic E-state index is -4.01. The zero-order valence-corrected chi connectivity index (χ0v) is 22.3. The van der Waals surface area contributed by atoms with Gasteiger partial charge in [0.25, 0.3) is 15.9 Å². The third-order valence-electron chi connectivity index (χ3n) is 5.60. The molecule has 0 spiro atoms. The van der Waals surface area contributed by atoms with Crippen LogP contribution in [0.5, 0.6) is 0 Å². The Morgan fingerprint density at radius 2 is 1.73 bits per heavy atom. The third-order valence-corrected chi connectivity index (χ3v) is 7.94. The van der Waals surface area contributed by atoms with E-state index in [4.69, 9.17) is 27.6 Å². The Morgan fingerprint density at radius 3 is 2.43 bits per heavy atom. The predicted octanol–water partition coefficient (Wildman–Crippen LogP) is 6.22. The summed E-state index contributed by atoms with van der Waals surface area (Å²) in [5.74, 6) is 0.245. The summed E-state index contributed by atoms with van der Waals surface area (Å²) < 4.78 is 33.6. The second kappa shape index (κ2) is 11.2. The maximum atomic E-state index is 13.4. The summed E-state index contributed by atoms with van der Waals surface area (Å²) in [6.45, 7) is 3.34. The number of furan rings is 1. The van der Waals surface area contributed by atoms with Crippen molar-refractivity contribution in [1.29, 1.82) is 0 Å². The first-order chi connectivity index (χ1) is 17.6. The number of hydrogen-bond acceptors (Lipinski definition) is 5. The van der Waals surface area contributed by atoms with Crippen LogP contribution in [0.2, 0.25) is 10.0 Å². The van der Waals surface area contributed by atoms with Gasteiger partial charge in [-0.2, -0.15) is 5.10 Å². The van der Waals surface area contributed by atoms with Gasteiger partial charge in [-0.05, 0) is 79.6 Å². The van der Waals surface area contributed by atoms with Crippen LogP contribution < -0.4 is 9.73 Å². The smallest absolute Gasteiger partial charge is 0.264 e. The summed E-state index contributed by atoms with van der Waals surface area (Å²) in [5, 5.41) is 4.87. The Kier molecular flexibility index (Phi) is 8.02. The minimum absolute atomic E-state index is 0.0773. The first-order valence-electron chi connectivity index (χ1n) is 11.2. The molecule has 190 valence electrons. The van der Waals surface area contributed by atoms with Gasteiger partial charge in [0.2, 0.25) is 0 Å². The van der Waals surface area contributed by atoms with Crippen molar-refractivity contribution in [2.45, 2.75) is 18.7 Å². The van der Waals surface area contributed by atoms with E-state index >= 15 is 0 Å². The van der Waals surface area contributed by atoms with E-state index in [1.807, 2.05) is 19.9 Å². The molecule has 1 heterocycles. The van der Waals surface area contributed by atoms with Crippen molar-refractivity contribution in [2.75, 3.05) is 10.8 Å². The molecule has 0 fully saturated rings. The number of hydrazone groups is 1. The maximum Gasteiger partial charge on any atom is 0.264 e. The number of benzene rings is 3. The third kappa shape index (κ3) is 6.22. The average molecular weight is 556 g/mol. The Balaban J connectivity index is 1.51. The molecule has 4 aromatic rings. The molecule has 1 aromatic heterocycles. The molecular formula is C27H23Cl2N3O4S. The fourth-order valence-corrected chi connectivity index (χ4v) is 5.44. The van der Waals surface area contributed by atoms with Crippen molar-refractivity contribution < 1.29 is 17.6 Å². The quantitative estimate of drug-likeness (QED) is 0.206. The van der Waals surface area contributed by atoms with E-state index in [-0.39, 0.29) is 4.90 Å². The van der Waals surface area contributed by atoms with Crippen molar-refractivity contribution in [3.8, 4) is 11.3 Å². The predicted molar refractivity (Wildman–Crippen MR) is 147 cm³/mol. The number of hydrogen-bond donors (Lipinski definition) is 1. The lowest BCUT2D eigenvalue weighted by molar-refractivity contribution is -0.119. The molecule has 1 amide bonds. The molecule has 0 radical (unpaired) electrons. The lowest BCUT2D eigenvalue weighted by Gasteiger charge is -2.24. The van der Waals surface area contributed by atoms with Crippen LogP contribution in [-0.2, 0) is 14.8 Å². The van der Waals surface area contributed by atoms with Gasteiger partial charge >= 0.3 is 0 Å². The van der Waals surface area contributed by atoms with Gasteiger partial charge in [-0.3, -0.25) is 9.10 Å². The van der Waals surface area contributed by atoms with Gasteiger partial charge in [0, 0.05) is 10.6 Å². The molecule has 0 bridgehead atoms. The number of nitrogens with zero attached hydrogens (tertiary/aromatic N) is 2. The second-order valence-electron chi connectivity index (χ2n) is 8.21. The van der Waals surface area contributed by atoms with Crippen LogP contribution >= 0.6 is 23.2 Å². The van der Waals surface area contributed by atoms with E-state index in [0.717, 1.165) is 15.4 Å². The van der Waals surface area contributed by atoms with Crippen LogP contribution in [0.3, 0.4) is 0 Å². The molecule has 0 aliphatic carbocycles. The number of carbonyl (C=O) groups excluding carboxylic acids is 1. The Hall–Kier alpha value is -3.59. The van der Waals surface area contributed by atoms with Crippen molar-refractivity contribution in [2.24, 2.45) is 5.10 Å². The van der Waals surface area contributed by atoms with Gasteiger partial charge in [-0.1, -0.05) is 47.5 Å². The highest BCUT2D eigenvalue weighted by Crippen LogP contribution is 2.31. The van der Waals surface area contributed by atoms with Gasteiger partial charge in [-0.25, -0.2) is 13.8 Å². The zero-order valence-electron chi connectivity index (χ0n) is 20.0. The topological polar surface area (TPSA) is 92.0 Å². The van der Waals surface area contributed by atoms with Crippen LogP contribution in [0.25, 0.3) is 11.3 Å². The molecule has 0 unspecified atom stereocenters. The molecular weight excluding hydrogens is 533 g/mol. The molecule has 10 heteroatoms. The summed E-state index contributed by atoms with van der Waals surface area (Å²) in [4.78, 5) is 12.8. The fourth-order valence-electron chi connectivity index (χ4n) is 3.51. The molecule has 3 aromatic carbocycles. The number of rotatable bonds is 8. The van der Waals surface area contributed by atoms with Gasteiger partial charge in [0.15, 0.2) is 0 Å². The summed E-state index contributed by atoms with van der Waals surface area (Å²) >= 11 is 12.2. The van der Waals surface area contributed by atoms with Crippen LogP contribution in [0.1, 0.15) is 16.9 Å². The molecule has 0 saturated carbocycles. The number of carbonyl (C=O) groups is 1. The molecule has 7 nitrogen and oxygen atoms in total. The molecule has 0 saturated heterocycles. The highest BCUT2D eigenvalue weighted by molar-refractivity contribution is 7.92. The molecule has 0 atom stereocenters. The first-order valence-corrected chi connectivity index (χ1v) is 13.4. The van der Waals surface area contributed by atoms with Crippen LogP contribution in [0.4, 0.5) is 5.69 Å². The summed E-state index contributed by atoms with van der Waals surface area (Å²) in [6.07, 6.45) is 1.32. The van der Waals surface area contributed by atoms with Gasteiger partial charge < -0.3 is 4.42 Å². The van der Waals surface area contributed by atoms with E-state index < -0.39 is 22.5 Å². The van der Waals surface area contributed by atoms with Crippen LogP contribution in [0, 0.1) is 13.8 Å². The minimum Gasteiger partial charge on any atom is -0.455 e. The number of sulfonamides is 1. The van der Waals surface area contributed by atoms with Gasteiger partial charge in [0.1, 0.15) is 18.1 Å². The summed E-state index contributed by atoms with van der Waals surface area (Å²) in [6, 6.07) is 21.6. The standard InChI is InChI=1S/C27H23Cl2N3O4S/c1-18-8-10-21(14-19(18)2)32(37(34,35)23-6-4-3-5-7-23)17-27(33)31-30-16-22-11-13-26(36-22)24-12-9-20(28)15-25(24)29/h3-16H,17H2,1-2H3,(H,31,33)/b30-16-. The summed E-state index contributed by atoms with van der Waals surface area (Å²) in [5.41, 5.74) is 5.31. The summed E-state index contributed by atoms with van der Waals surface area (Å²) in [7, 11) is -4.01. The van der Waals surface area contributed by atoms with Gasteiger partial charge in [-0.15, -0.1) is 0 Å². The van der Waals surface area contributed by atoms with E-state index in [0.29, 0.717) is 32.8 Å². The molecule has 0 aliphatic heterocycles.